The van der Waals surface area contributed by atoms with E-state index in [2.05, 4.69) is 5.32 Å². The molecular weight excluding hydrogens is 272 g/mol. The number of nitrogens with zero attached hydrogens (tertiary/aromatic N) is 1. The first-order valence-electron chi connectivity index (χ1n) is 6.14. The highest BCUT2D eigenvalue weighted by Gasteiger charge is 2.32. The monoisotopic (exact) mass is 284 g/mol. The predicted octanol–water partition coefficient (Wildman–Crippen LogP) is 3.78. The zero-order valence-electron chi connectivity index (χ0n) is 11.1. The summed E-state index contributed by atoms with van der Waals surface area (Å²) in [6.45, 7) is 3.92. The number of nitrogens with one attached hydrogen (secondary N) is 1. The molecule has 0 amide bonds. The largest absolute Gasteiger partial charge is 0.460 e. The molecule has 20 heavy (non-hydrogen) atoms. The van der Waals surface area contributed by atoms with Gasteiger partial charge in [0.15, 0.2) is 0 Å². The number of thiocarbonyl (C=S) groups is 1. The van der Waals surface area contributed by atoms with Crippen molar-refractivity contribution in [2.24, 2.45) is 0 Å². The number of fused-ring (bicyclic) bond motifs is 1. The molecule has 0 fully saturated rings. The fraction of sp³-hybridized carbons (Fsp3) is 0.200. The van der Waals surface area contributed by atoms with Crippen LogP contribution in [0.3, 0.4) is 0 Å². The van der Waals surface area contributed by atoms with Crippen LogP contribution in [0, 0.1) is 11.3 Å². The SMILES string of the molecule is CC1(C)OC(=S)Nc2ccc(-c3ccoc3C#N)cc21. The first kappa shape index (κ1) is 12.7. The van der Waals surface area contributed by atoms with E-state index >= 15 is 0 Å². The molecule has 3 rings (SSSR count). The summed E-state index contributed by atoms with van der Waals surface area (Å²) in [5, 5.41) is 12.5. The van der Waals surface area contributed by atoms with Gasteiger partial charge in [-0.1, -0.05) is 6.07 Å². The fourth-order valence-electron chi connectivity index (χ4n) is 2.36. The number of hydrogen-bond acceptors (Lipinski definition) is 4. The van der Waals surface area contributed by atoms with E-state index in [9.17, 15) is 0 Å². The number of rotatable bonds is 1. The average molecular weight is 284 g/mol. The molecule has 1 aliphatic rings. The van der Waals surface area contributed by atoms with Crippen molar-refractivity contribution in [3.63, 3.8) is 0 Å². The summed E-state index contributed by atoms with van der Waals surface area (Å²) in [5.41, 5.74) is 3.11. The molecule has 0 radical (unpaired) electrons. The summed E-state index contributed by atoms with van der Waals surface area (Å²) < 4.78 is 10.8. The predicted molar refractivity (Wildman–Crippen MR) is 79.2 cm³/mol. The van der Waals surface area contributed by atoms with Crippen molar-refractivity contribution in [1.82, 2.24) is 0 Å². The molecule has 1 aromatic carbocycles. The van der Waals surface area contributed by atoms with Gasteiger partial charge in [-0.05, 0) is 49.8 Å². The molecule has 0 unspecified atom stereocenters. The number of benzene rings is 1. The lowest BCUT2D eigenvalue weighted by atomic mass is 9.91. The molecule has 2 heterocycles. The minimum Gasteiger partial charge on any atom is -0.460 e. The summed E-state index contributed by atoms with van der Waals surface area (Å²) in [5.74, 6) is 0.308. The van der Waals surface area contributed by atoms with Crippen molar-refractivity contribution >= 4 is 23.1 Å². The maximum absolute atomic E-state index is 9.05. The van der Waals surface area contributed by atoms with Gasteiger partial charge in [0.25, 0.3) is 5.17 Å². The number of furan rings is 1. The lowest BCUT2D eigenvalue weighted by molar-refractivity contribution is 0.0947. The molecule has 2 aromatic rings. The van der Waals surface area contributed by atoms with Gasteiger partial charge in [0.05, 0.1) is 6.26 Å². The standard InChI is InChI=1S/C15H12N2O2S/c1-15(2)11-7-9(10-5-6-18-13(10)8-16)3-4-12(11)17-14(20)19-15/h3-7H,1-2H3,(H,17,20). The third-order valence-corrected chi connectivity index (χ3v) is 3.52. The van der Waals surface area contributed by atoms with E-state index < -0.39 is 5.60 Å². The van der Waals surface area contributed by atoms with Gasteiger partial charge in [0, 0.05) is 16.8 Å². The van der Waals surface area contributed by atoms with Crippen molar-refractivity contribution in [2.75, 3.05) is 5.32 Å². The third kappa shape index (κ3) is 1.95. The van der Waals surface area contributed by atoms with Crippen LogP contribution in [0.5, 0.6) is 0 Å². The molecule has 0 bridgehead atoms. The summed E-state index contributed by atoms with van der Waals surface area (Å²) in [6.07, 6.45) is 1.52. The zero-order valence-corrected chi connectivity index (χ0v) is 11.9. The third-order valence-electron chi connectivity index (χ3n) is 3.33. The van der Waals surface area contributed by atoms with Gasteiger partial charge in [-0.25, -0.2) is 0 Å². The van der Waals surface area contributed by atoms with Crippen LogP contribution in [0.25, 0.3) is 11.1 Å². The Balaban J connectivity index is 2.15. The number of anilines is 1. The molecule has 1 N–H and O–H groups in total. The minimum atomic E-state index is -0.510. The van der Waals surface area contributed by atoms with Gasteiger partial charge in [-0.15, -0.1) is 0 Å². The molecule has 1 aliphatic heterocycles. The van der Waals surface area contributed by atoms with Crippen LogP contribution in [0.2, 0.25) is 0 Å². The average Bonchev–Trinajstić information content (AvgIpc) is 2.85. The molecule has 0 atom stereocenters. The topological polar surface area (TPSA) is 58.2 Å². The summed E-state index contributed by atoms with van der Waals surface area (Å²) >= 11 is 5.09. The van der Waals surface area contributed by atoms with Crippen molar-refractivity contribution in [3.05, 3.63) is 41.9 Å². The van der Waals surface area contributed by atoms with Crippen molar-refractivity contribution in [3.8, 4) is 17.2 Å². The minimum absolute atomic E-state index is 0.308. The lowest BCUT2D eigenvalue weighted by Gasteiger charge is -2.34. The van der Waals surface area contributed by atoms with E-state index in [0.29, 0.717) is 10.9 Å². The second kappa shape index (κ2) is 4.36. The van der Waals surface area contributed by atoms with E-state index in [4.69, 9.17) is 26.6 Å². The van der Waals surface area contributed by atoms with Crippen LogP contribution < -0.4 is 5.32 Å². The maximum Gasteiger partial charge on any atom is 0.262 e. The Morgan fingerprint density at radius 1 is 1.30 bits per heavy atom. The van der Waals surface area contributed by atoms with Crippen LogP contribution in [0.4, 0.5) is 5.69 Å². The Hall–Kier alpha value is -2.32. The lowest BCUT2D eigenvalue weighted by Crippen LogP contribution is -2.34. The Morgan fingerprint density at radius 2 is 2.10 bits per heavy atom. The van der Waals surface area contributed by atoms with Gasteiger partial charge in [-0.2, -0.15) is 5.26 Å². The normalized spacial score (nSPS) is 15.8. The van der Waals surface area contributed by atoms with E-state index in [1.807, 2.05) is 38.1 Å². The summed E-state index contributed by atoms with van der Waals surface area (Å²) in [4.78, 5) is 0. The van der Waals surface area contributed by atoms with Crippen molar-refractivity contribution in [1.29, 1.82) is 5.26 Å². The molecule has 4 nitrogen and oxygen atoms in total. The molecule has 0 saturated heterocycles. The molecule has 0 aliphatic carbocycles. The maximum atomic E-state index is 9.05. The first-order chi connectivity index (χ1) is 9.51. The molecule has 5 heteroatoms. The van der Waals surface area contributed by atoms with Gasteiger partial charge in [0.2, 0.25) is 5.76 Å². The molecule has 100 valence electrons. The Kier molecular flexibility index (Phi) is 2.77. The summed E-state index contributed by atoms with van der Waals surface area (Å²) in [6, 6.07) is 9.70. The number of hydrogen-bond donors (Lipinski definition) is 1. The van der Waals surface area contributed by atoms with Crippen molar-refractivity contribution < 1.29 is 9.15 Å². The smallest absolute Gasteiger partial charge is 0.262 e. The van der Waals surface area contributed by atoms with Crippen LogP contribution >= 0.6 is 12.2 Å². The molecule has 0 spiro atoms. The molecule has 1 aromatic heterocycles. The fourth-order valence-corrected chi connectivity index (χ4v) is 2.68. The van der Waals surface area contributed by atoms with Gasteiger partial charge in [0.1, 0.15) is 11.7 Å². The second-order valence-corrected chi connectivity index (χ2v) is 5.43. The Bertz CT molecular complexity index is 741. The highest BCUT2D eigenvalue weighted by Crippen LogP contribution is 2.38. The first-order valence-corrected chi connectivity index (χ1v) is 6.54. The van der Waals surface area contributed by atoms with Gasteiger partial charge >= 0.3 is 0 Å². The Labute approximate surface area is 122 Å². The highest BCUT2D eigenvalue weighted by atomic mass is 32.1. The van der Waals surface area contributed by atoms with Crippen LogP contribution in [0.15, 0.2) is 34.9 Å². The number of nitriles is 1. The van der Waals surface area contributed by atoms with Gasteiger partial charge in [-0.3, -0.25) is 0 Å². The van der Waals surface area contributed by atoms with E-state index in [1.54, 1.807) is 6.07 Å². The van der Waals surface area contributed by atoms with Crippen LogP contribution in [-0.4, -0.2) is 5.17 Å². The van der Waals surface area contributed by atoms with E-state index in [0.717, 1.165) is 22.4 Å². The molecular formula is C15H12N2O2S. The summed E-state index contributed by atoms with van der Waals surface area (Å²) in [7, 11) is 0. The quantitative estimate of drug-likeness (QED) is 0.808. The van der Waals surface area contributed by atoms with E-state index in [1.165, 1.54) is 6.26 Å². The van der Waals surface area contributed by atoms with E-state index in [-0.39, 0.29) is 0 Å². The van der Waals surface area contributed by atoms with Crippen LogP contribution in [0.1, 0.15) is 25.2 Å². The van der Waals surface area contributed by atoms with Crippen molar-refractivity contribution in [2.45, 2.75) is 19.4 Å². The molecule has 0 saturated carbocycles. The Morgan fingerprint density at radius 3 is 2.85 bits per heavy atom. The zero-order chi connectivity index (χ0) is 14.3. The number of ether oxygens (including phenoxy) is 1. The second-order valence-electron chi connectivity index (χ2n) is 5.06. The van der Waals surface area contributed by atoms with Crippen LogP contribution in [-0.2, 0) is 10.3 Å². The van der Waals surface area contributed by atoms with Gasteiger partial charge < -0.3 is 14.5 Å². The highest BCUT2D eigenvalue weighted by molar-refractivity contribution is 7.80.